The predicted octanol–water partition coefficient (Wildman–Crippen LogP) is 4.94. The van der Waals surface area contributed by atoms with E-state index in [-0.39, 0.29) is 16.8 Å². The lowest BCUT2D eigenvalue weighted by atomic mass is 9.50. The minimum Gasteiger partial charge on any atom is -0.466 e. The summed E-state index contributed by atoms with van der Waals surface area (Å²) in [6.45, 7) is 6.54. The number of hydrogen-bond donors (Lipinski definition) is 1. The first-order valence-corrected chi connectivity index (χ1v) is 10.6. The number of carbonyl (C=O) groups is 1. The van der Waals surface area contributed by atoms with Crippen molar-refractivity contribution in [2.24, 2.45) is 22.7 Å². The van der Waals surface area contributed by atoms with Gasteiger partial charge in [0.1, 0.15) is 0 Å². The lowest BCUT2D eigenvalue weighted by molar-refractivity contribution is -0.145. The van der Waals surface area contributed by atoms with Crippen molar-refractivity contribution < 1.29 is 14.6 Å². The van der Waals surface area contributed by atoms with E-state index in [1.165, 1.54) is 39.0 Å². The number of fused-ring (bicyclic) bond motifs is 5. The van der Waals surface area contributed by atoms with Gasteiger partial charge in [0.05, 0.1) is 12.2 Å². The van der Waals surface area contributed by atoms with Gasteiger partial charge < -0.3 is 9.84 Å². The monoisotopic (exact) mass is 358 g/mol. The van der Waals surface area contributed by atoms with Crippen molar-refractivity contribution in [2.75, 3.05) is 6.61 Å². The number of esters is 1. The van der Waals surface area contributed by atoms with Gasteiger partial charge in [0.15, 0.2) is 0 Å². The van der Waals surface area contributed by atoms with Gasteiger partial charge in [-0.1, -0.05) is 37.1 Å². The summed E-state index contributed by atoms with van der Waals surface area (Å²) >= 11 is 0. The topological polar surface area (TPSA) is 46.5 Å². The van der Waals surface area contributed by atoms with Gasteiger partial charge in [-0.15, -0.1) is 0 Å². The van der Waals surface area contributed by atoms with Crippen LogP contribution in [-0.4, -0.2) is 23.3 Å². The van der Waals surface area contributed by atoms with Crippen LogP contribution >= 0.6 is 0 Å². The summed E-state index contributed by atoms with van der Waals surface area (Å²) in [6, 6.07) is 0. The molecule has 26 heavy (non-hydrogen) atoms. The first-order chi connectivity index (χ1) is 12.3. The molecule has 0 amide bonds. The lowest BCUT2D eigenvalue weighted by Crippen LogP contribution is -2.51. The molecule has 3 heteroatoms. The van der Waals surface area contributed by atoms with Crippen molar-refractivity contribution in [3.63, 3.8) is 0 Å². The molecule has 0 radical (unpaired) electrons. The molecule has 0 spiro atoms. The molecule has 2 saturated carbocycles. The van der Waals surface area contributed by atoms with Gasteiger partial charge in [-0.2, -0.15) is 0 Å². The van der Waals surface area contributed by atoms with Crippen molar-refractivity contribution >= 4 is 5.97 Å². The van der Waals surface area contributed by atoms with E-state index in [9.17, 15) is 9.90 Å². The van der Waals surface area contributed by atoms with Gasteiger partial charge in [-0.3, -0.25) is 4.79 Å². The van der Waals surface area contributed by atoms with Gasteiger partial charge in [-0.05, 0) is 63.2 Å². The molecule has 0 saturated heterocycles. The smallest absolute Gasteiger partial charge is 0.302 e. The van der Waals surface area contributed by atoms with Crippen molar-refractivity contribution in [3.8, 4) is 0 Å². The highest BCUT2D eigenvalue weighted by Gasteiger charge is 2.61. The molecule has 0 heterocycles. The molecule has 0 aromatic heterocycles. The van der Waals surface area contributed by atoms with E-state index in [4.69, 9.17) is 4.74 Å². The predicted molar refractivity (Wildman–Crippen MR) is 102 cm³/mol. The Morgan fingerprint density at radius 3 is 2.85 bits per heavy atom. The molecule has 1 N–H and O–H groups in total. The quantitative estimate of drug-likeness (QED) is 0.574. The maximum Gasteiger partial charge on any atom is 0.302 e. The molecule has 4 aliphatic carbocycles. The molecular weight excluding hydrogens is 324 g/mol. The Morgan fingerprint density at radius 2 is 2.08 bits per heavy atom. The number of allylic oxidation sites excluding steroid dienone is 4. The highest BCUT2D eigenvalue weighted by molar-refractivity contribution is 5.65. The van der Waals surface area contributed by atoms with Crippen LogP contribution in [-0.2, 0) is 9.53 Å². The normalized spacial score (nSPS) is 44.3. The second-order valence-electron chi connectivity index (χ2n) is 9.65. The van der Waals surface area contributed by atoms with Gasteiger partial charge in [0, 0.05) is 24.2 Å². The highest BCUT2D eigenvalue weighted by atomic mass is 16.5. The van der Waals surface area contributed by atoms with Crippen LogP contribution in [0, 0.1) is 22.7 Å². The molecule has 144 valence electrons. The summed E-state index contributed by atoms with van der Waals surface area (Å²) in [5.74, 6) is 0.929. The summed E-state index contributed by atoms with van der Waals surface area (Å²) in [7, 11) is 0. The Morgan fingerprint density at radius 1 is 1.27 bits per heavy atom. The molecule has 4 rings (SSSR count). The zero-order valence-corrected chi connectivity index (χ0v) is 16.6. The number of hydrogen-bond acceptors (Lipinski definition) is 3. The molecule has 5 atom stereocenters. The maximum absolute atomic E-state index is 11.5. The summed E-state index contributed by atoms with van der Waals surface area (Å²) in [5, 5.41) is 11.5. The van der Waals surface area contributed by atoms with Gasteiger partial charge in [0.25, 0.3) is 0 Å². The highest BCUT2D eigenvalue weighted by Crippen LogP contribution is 2.66. The summed E-state index contributed by atoms with van der Waals surface area (Å²) in [6.07, 6.45) is 14.8. The van der Waals surface area contributed by atoms with Gasteiger partial charge in [-0.25, -0.2) is 0 Å². The molecule has 0 bridgehead atoms. The number of aliphatic hydroxyl groups is 1. The minimum atomic E-state index is -0.710. The van der Waals surface area contributed by atoms with E-state index >= 15 is 0 Å². The fourth-order valence-corrected chi connectivity index (χ4v) is 6.92. The van der Waals surface area contributed by atoms with Crippen LogP contribution in [0.25, 0.3) is 0 Å². The van der Waals surface area contributed by atoms with Crippen molar-refractivity contribution in [2.45, 2.75) is 84.2 Å². The first kappa shape index (κ1) is 18.3. The first-order valence-electron chi connectivity index (χ1n) is 10.6. The van der Waals surface area contributed by atoms with E-state index < -0.39 is 5.60 Å². The maximum atomic E-state index is 11.5. The molecule has 0 aromatic carbocycles. The molecule has 0 unspecified atom stereocenters. The van der Waals surface area contributed by atoms with Gasteiger partial charge >= 0.3 is 5.97 Å². The van der Waals surface area contributed by atoms with E-state index in [2.05, 4.69) is 26.0 Å². The van der Waals surface area contributed by atoms with Crippen LogP contribution in [0.3, 0.4) is 0 Å². The standard InChI is InChI=1S/C23H34O3/c1-16(24)26-15-14-23(25)13-10-20-18-8-7-17-6-4-5-11-21(17,2)19(18)9-12-22(20,23)3/h6,9,18,20,25H,4-5,7-8,10-15H2,1-3H3/t18-,20+,21+,22+,23+/m1/s1. The molecule has 3 nitrogen and oxygen atoms in total. The van der Waals surface area contributed by atoms with E-state index in [0.717, 1.165) is 19.3 Å². The summed E-state index contributed by atoms with van der Waals surface area (Å²) < 4.78 is 5.17. The van der Waals surface area contributed by atoms with Crippen LogP contribution in [0.15, 0.2) is 23.3 Å². The third kappa shape index (κ3) is 2.53. The Kier molecular flexibility index (Phi) is 4.38. The van der Waals surface area contributed by atoms with Crippen LogP contribution in [0.1, 0.15) is 78.6 Å². The SMILES string of the molecule is CC(=O)OCC[C@@]1(O)CC[C@H]2[C@@H]3CCC4=CCCC[C@]4(C)C3=CC[C@@]21C. The van der Waals surface area contributed by atoms with E-state index in [0.29, 0.717) is 24.9 Å². The minimum absolute atomic E-state index is 0.0897. The summed E-state index contributed by atoms with van der Waals surface area (Å²) in [5.41, 5.74) is 2.84. The molecule has 4 aliphatic rings. The van der Waals surface area contributed by atoms with Crippen LogP contribution < -0.4 is 0 Å². The average Bonchev–Trinajstić information content (AvgIpc) is 2.85. The van der Waals surface area contributed by atoms with Crippen molar-refractivity contribution in [3.05, 3.63) is 23.3 Å². The van der Waals surface area contributed by atoms with Crippen LogP contribution in [0.4, 0.5) is 0 Å². The largest absolute Gasteiger partial charge is 0.466 e. The molecule has 0 aliphatic heterocycles. The lowest BCUT2D eigenvalue weighted by Gasteiger charge is -2.55. The average molecular weight is 359 g/mol. The fraction of sp³-hybridized carbons (Fsp3) is 0.783. The van der Waals surface area contributed by atoms with Crippen LogP contribution in [0.2, 0.25) is 0 Å². The Balaban J connectivity index is 1.61. The zero-order valence-electron chi connectivity index (χ0n) is 16.6. The van der Waals surface area contributed by atoms with Crippen molar-refractivity contribution in [1.82, 2.24) is 0 Å². The van der Waals surface area contributed by atoms with E-state index in [1.54, 1.807) is 11.1 Å². The third-order valence-corrected chi connectivity index (χ3v) is 8.54. The number of ether oxygens (including phenoxy) is 1. The van der Waals surface area contributed by atoms with Gasteiger partial charge in [0.2, 0.25) is 0 Å². The second kappa shape index (κ2) is 6.22. The number of rotatable bonds is 3. The zero-order chi connectivity index (χ0) is 18.6. The molecular formula is C23H34O3. The second-order valence-corrected chi connectivity index (χ2v) is 9.65. The molecule has 2 fully saturated rings. The number of carbonyl (C=O) groups excluding carboxylic acids is 1. The fourth-order valence-electron chi connectivity index (χ4n) is 6.92. The van der Waals surface area contributed by atoms with Crippen LogP contribution in [0.5, 0.6) is 0 Å². The Labute approximate surface area is 157 Å². The Bertz CT molecular complexity index is 662. The molecule has 0 aromatic rings. The third-order valence-electron chi connectivity index (χ3n) is 8.54. The van der Waals surface area contributed by atoms with Crippen molar-refractivity contribution in [1.29, 1.82) is 0 Å². The summed E-state index contributed by atoms with van der Waals surface area (Å²) in [4.78, 5) is 11.1. The van der Waals surface area contributed by atoms with E-state index in [1.807, 2.05) is 0 Å². The Hall–Kier alpha value is -1.09.